The smallest absolute Gasteiger partial charge is 0.164 e. The second-order valence-corrected chi connectivity index (χ2v) is 9.93. The summed E-state index contributed by atoms with van der Waals surface area (Å²) in [5.74, 6) is 1.36. The third-order valence-electron chi connectivity index (χ3n) is 7.07. The van der Waals surface area contributed by atoms with Crippen molar-refractivity contribution in [3.8, 4) is 17.2 Å². The number of nitriles is 1. The van der Waals surface area contributed by atoms with Gasteiger partial charge in [0.25, 0.3) is 0 Å². The maximum absolute atomic E-state index is 13.2. The van der Waals surface area contributed by atoms with Gasteiger partial charge in [0.2, 0.25) is 0 Å². The van der Waals surface area contributed by atoms with Crippen LogP contribution < -0.4 is 4.90 Å². The molecule has 5 rings (SSSR count). The van der Waals surface area contributed by atoms with E-state index in [1.54, 1.807) is 0 Å². The van der Waals surface area contributed by atoms with Crippen molar-refractivity contribution in [1.82, 2.24) is 4.98 Å². The standard InChI is InChI=1S/C31H31N3O2/c1-21-19-34(20-22(2)36-21)31-15-11-25(18-33-31)7-6-23-10-14-28-27(4-3-5-29(28)30(35)16-23)26-12-8-24(17-32)9-13-26/h3-5,8-15,18,21-23H,6-7,16,19-20H2,1-2H3/t21-,22+,23?. The van der Waals surface area contributed by atoms with Gasteiger partial charge in [-0.2, -0.15) is 5.26 Å². The highest BCUT2D eigenvalue weighted by Gasteiger charge is 2.24. The number of benzene rings is 2. The number of Topliss-reactive ketones (excluding diaryl/α,β-unsaturated/α-hetero) is 1. The van der Waals surface area contributed by atoms with Gasteiger partial charge in [-0.1, -0.05) is 48.6 Å². The molecule has 1 fully saturated rings. The molecular weight excluding hydrogens is 446 g/mol. The molecule has 2 aliphatic rings. The van der Waals surface area contributed by atoms with Crippen LogP contribution in [0.4, 0.5) is 5.82 Å². The number of rotatable bonds is 5. The van der Waals surface area contributed by atoms with Gasteiger partial charge in [-0.25, -0.2) is 4.98 Å². The van der Waals surface area contributed by atoms with E-state index in [9.17, 15) is 4.79 Å². The van der Waals surface area contributed by atoms with Crippen LogP contribution in [0.3, 0.4) is 0 Å². The summed E-state index contributed by atoms with van der Waals surface area (Å²) in [6.07, 6.45) is 8.97. The van der Waals surface area contributed by atoms with Crippen LogP contribution >= 0.6 is 0 Å². The zero-order valence-electron chi connectivity index (χ0n) is 20.9. The number of hydrogen-bond acceptors (Lipinski definition) is 5. The van der Waals surface area contributed by atoms with Gasteiger partial charge in [0, 0.05) is 31.3 Å². The number of nitrogens with zero attached hydrogens (tertiary/aromatic N) is 3. The summed E-state index contributed by atoms with van der Waals surface area (Å²) in [7, 11) is 0. The van der Waals surface area contributed by atoms with Gasteiger partial charge in [0.05, 0.1) is 23.8 Å². The van der Waals surface area contributed by atoms with Crippen LogP contribution in [-0.4, -0.2) is 36.1 Å². The Kier molecular flexibility index (Phi) is 6.97. The quantitative estimate of drug-likeness (QED) is 0.445. The molecule has 3 aromatic rings. The van der Waals surface area contributed by atoms with Crippen molar-refractivity contribution in [1.29, 1.82) is 5.26 Å². The Morgan fingerprint density at radius 2 is 1.78 bits per heavy atom. The van der Waals surface area contributed by atoms with Crippen molar-refractivity contribution in [3.05, 3.63) is 89.1 Å². The number of carbonyl (C=O) groups excluding carboxylic acids is 1. The molecule has 182 valence electrons. The predicted molar refractivity (Wildman–Crippen MR) is 143 cm³/mol. The fraction of sp³-hybridized carbons (Fsp3) is 0.323. The van der Waals surface area contributed by atoms with Gasteiger partial charge in [0.1, 0.15) is 5.82 Å². The summed E-state index contributed by atoms with van der Waals surface area (Å²) in [5, 5.41) is 9.10. The lowest BCUT2D eigenvalue weighted by molar-refractivity contribution is -0.00546. The van der Waals surface area contributed by atoms with Crippen molar-refractivity contribution < 1.29 is 9.53 Å². The Morgan fingerprint density at radius 3 is 2.47 bits per heavy atom. The minimum Gasteiger partial charge on any atom is -0.372 e. The first-order valence-electron chi connectivity index (χ1n) is 12.7. The molecule has 3 atom stereocenters. The second-order valence-electron chi connectivity index (χ2n) is 9.93. The molecule has 1 aliphatic carbocycles. The average Bonchev–Trinajstić information content (AvgIpc) is 3.06. The number of aryl methyl sites for hydroxylation is 1. The first-order chi connectivity index (χ1) is 17.5. The van der Waals surface area contributed by atoms with E-state index in [0.29, 0.717) is 12.0 Å². The molecule has 1 saturated heterocycles. The lowest BCUT2D eigenvalue weighted by atomic mass is 9.92. The molecule has 0 amide bonds. The van der Waals surface area contributed by atoms with Crippen LogP contribution in [0.25, 0.3) is 17.2 Å². The number of ketones is 1. The third-order valence-corrected chi connectivity index (χ3v) is 7.07. The number of aromatic nitrogens is 1. The van der Waals surface area contributed by atoms with E-state index in [4.69, 9.17) is 15.0 Å². The highest BCUT2D eigenvalue weighted by Crippen LogP contribution is 2.33. The summed E-state index contributed by atoms with van der Waals surface area (Å²) in [6, 6.07) is 19.9. The van der Waals surface area contributed by atoms with Crippen LogP contribution in [0.2, 0.25) is 0 Å². The Hall–Kier alpha value is -3.75. The van der Waals surface area contributed by atoms with Gasteiger partial charge in [-0.05, 0) is 73.1 Å². The maximum atomic E-state index is 13.2. The molecular formula is C31H31N3O2. The second kappa shape index (κ2) is 10.5. The number of anilines is 1. The molecule has 2 aromatic carbocycles. The maximum Gasteiger partial charge on any atom is 0.164 e. The van der Waals surface area contributed by atoms with Gasteiger partial charge >= 0.3 is 0 Å². The Labute approximate surface area is 213 Å². The third kappa shape index (κ3) is 5.24. The van der Waals surface area contributed by atoms with E-state index >= 15 is 0 Å². The van der Waals surface area contributed by atoms with Crippen molar-refractivity contribution >= 4 is 17.7 Å². The van der Waals surface area contributed by atoms with Gasteiger partial charge in [0.15, 0.2) is 5.78 Å². The molecule has 1 unspecified atom stereocenters. The molecule has 1 aromatic heterocycles. The fourth-order valence-corrected chi connectivity index (χ4v) is 5.28. The van der Waals surface area contributed by atoms with E-state index in [1.165, 1.54) is 5.56 Å². The molecule has 0 bridgehead atoms. The van der Waals surface area contributed by atoms with Gasteiger partial charge in [-0.15, -0.1) is 0 Å². The summed E-state index contributed by atoms with van der Waals surface area (Å²) in [6.45, 7) is 5.92. The molecule has 5 nitrogen and oxygen atoms in total. The highest BCUT2D eigenvalue weighted by molar-refractivity contribution is 6.03. The number of pyridine rings is 1. The minimum absolute atomic E-state index is 0.180. The van der Waals surface area contributed by atoms with Crippen molar-refractivity contribution in [2.75, 3.05) is 18.0 Å². The van der Waals surface area contributed by atoms with E-state index in [-0.39, 0.29) is 23.9 Å². The SMILES string of the molecule is C[C@@H]1CN(c2ccc(CCC3C=Cc4c(cccc4-c4ccc(C#N)cc4)C(=O)C3)cn2)C[C@H](C)O1. The number of ether oxygens (including phenoxy) is 1. The molecule has 2 heterocycles. The minimum atomic E-state index is 0.180. The van der Waals surface area contributed by atoms with E-state index in [1.807, 2.05) is 48.7 Å². The van der Waals surface area contributed by atoms with Crippen LogP contribution in [0.5, 0.6) is 0 Å². The molecule has 0 N–H and O–H groups in total. The number of allylic oxidation sites excluding steroid dienone is 1. The van der Waals surface area contributed by atoms with E-state index in [0.717, 1.165) is 54.0 Å². The Bertz CT molecular complexity index is 1300. The first kappa shape index (κ1) is 24.0. The highest BCUT2D eigenvalue weighted by atomic mass is 16.5. The molecule has 36 heavy (non-hydrogen) atoms. The summed E-state index contributed by atoms with van der Waals surface area (Å²) in [5.41, 5.74) is 5.59. The molecule has 0 saturated carbocycles. The lowest BCUT2D eigenvalue weighted by Crippen LogP contribution is -2.45. The topological polar surface area (TPSA) is 66.2 Å². The van der Waals surface area contributed by atoms with Gasteiger partial charge in [-0.3, -0.25) is 4.79 Å². The Balaban J connectivity index is 1.27. The van der Waals surface area contributed by atoms with Gasteiger partial charge < -0.3 is 9.64 Å². The molecule has 0 radical (unpaired) electrons. The number of fused-ring (bicyclic) bond motifs is 1. The molecule has 1 aliphatic heterocycles. The van der Waals surface area contributed by atoms with Crippen LogP contribution in [0, 0.1) is 17.2 Å². The van der Waals surface area contributed by atoms with Crippen molar-refractivity contribution in [2.45, 2.75) is 45.3 Å². The predicted octanol–water partition coefficient (Wildman–Crippen LogP) is 6.08. The molecule has 5 heteroatoms. The lowest BCUT2D eigenvalue weighted by Gasteiger charge is -2.36. The monoisotopic (exact) mass is 477 g/mol. The van der Waals surface area contributed by atoms with Crippen molar-refractivity contribution in [2.24, 2.45) is 5.92 Å². The average molecular weight is 478 g/mol. The summed E-state index contributed by atoms with van der Waals surface area (Å²) < 4.78 is 5.84. The fourth-order valence-electron chi connectivity index (χ4n) is 5.28. The van der Waals surface area contributed by atoms with Crippen LogP contribution in [-0.2, 0) is 11.2 Å². The number of carbonyl (C=O) groups is 1. The van der Waals surface area contributed by atoms with Crippen LogP contribution in [0.1, 0.15) is 53.7 Å². The largest absolute Gasteiger partial charge is 0.372 e. The Morgan fingerprint density at radius 1 is 1.03 bits per heavy atom. The number of morpholine rings is 1. The van der Waals surface area contributed by atoms with Crippen molar-refractivity contribution in [3.63, 3.8) is 0 Å². The van der Waals surface area contributed by atoms with Crippen LogP contribution in [0.15, 0.2) is 66.9 Å². The number of hydrogen-bond donors (Lipinski definition) is 0. The zero-order valence-corrected chi connectivity index (χ0v) is 20.9. The normalized spacial score (nSPS) is 21.5. The first-order valence-corrected chi connectivity index (χ1v) is 12.7. The summed E-state index contributed by atoms with van der Waals surface area (Å²) >= 11 is 0. The van der Waals surface area contributed by atoms with E-state index < -0.39 is 0 Å². The van der Waals surface area contributed by atoms with E-state index in [2.05, 4.69) is 49.1 Å². The summed E-state index contributed by atoms with van der Waals surface area (Å²) in [4.78, 5) is 20.2. The molecule has 0 spiro atoms. The zero-order chi connectivity index (χ0) is 25.1.